The summed E-state index contributed by atoms with van der Waals surface area (Å²) in [4.78, 5) is 19.9. The number of halogens is 1. The molecule has 1 aromatic heterocycles. The fourth-order valence-corrected chi connectivity index (χ4v) is 4.54. The molecule has 9 heteroatoms. The van der Waals surface area contributed by atoms with Gasteiger partial charge in [-0.25, -0.2) is 22.6 Å². The van der Waals surface area contributed by atoms with Crippen molar-refractivity contribution in [3.8, 4) is 0 Å². The Morgan fingerprint density at radius 3 is 2.57 bits per heavy atom. The van der Waals surface area contributed by atoms with Crippen molar-refractivity contribution in [2.45, 2.75) is 12.5 Å². The molecule has 0 radical (unpaired) electrons. The van der Waals surface area contributed by atoms with Crippen LogP contribution in [0.3, 0.4) is 0 Å². The first-order valence-electron chi connectivity index (χ1n) is 7.55. The number of aromatic nitrogens is 1. The Hall–Kier alpha value is -1.90. The molecule has 0 saturated carbocycles. The minimum absolute atomic E-state index is 0.0260. The number of hydrogen-bond acceptors (Lipinski definition) is 5. The molecule has 0 bridgehead atoms. The molecule has 2 amide bonds. The molecule has 1 aromatic rings. The fraction of sp³-hybridized carbons (Fsp3) is 0.571. The van der Waals surface area contributed by atoms with Gasteiger partial charge >= 0.3 is 6.03 Å². The number of anilines is 1. The van der Waals surface area contributed by atoms with Crippen LogP contribution in [0.1, 0.15) is 6.42 Å². The number of piperazine rings is 1. The number of nitrogens with one attached hydrogen (secondary N) is 1. The van der Waals surface area contributed by atoms with E-state index in [9.17, 15) is 17.6 Å². The van der Waals surface area contributed by atoms with Crippen LogP contribution >= 0.6 is 0 Å². The van der Waals surface area contributed by atoms with Crippen molar-refractivity contribution >= 4 is 21.7 Å². The Labute approximate surface area is 134 Å². The summed E-state index contributed by atoms with van der Waals surface area (Å²) < 4.78 is 35.7. The van der Waals surface area contributed by atoms with Crippen LogP contribution in [0.2, 0.25) is 0 Å². The molecule has 1 N–H and O–H groups in total. The normalized spacial score (nSPS) is 23.8. The Kier molecular flexibility index (Phi) is 4.38. The lowest BCUT2D eigenvalue weighted by atomic mass is 10.2. The lowest BCUT2D eigenvalue weighted by molar-refractivity contribution is 0.191. The van der Waals surface area contributed by atoms with Crippen molar-refractivity contribution < 1.29 is 17.6 Å². The lowest BCUT2D eigenvalue weighted by Crippen LogP contribution is -2.53. The highest BCUT2D eigenvalue weighted by molar-refractivity contribution is 7.91. The third kappa shape index (κ3) is 3.90. The average molecular weight is 342 g/mol. The van der Waals surface area contributed by atoms with Crippen molar-refractivity contribution in [2.24, 2.45) is 0 Å². The van der Waals surface area contributed by atoms with Gasteiger partial charge in [-0.05, 0) is 18.6 Å². The van der Waals surface area contributed by atoms with E-state index in [1.54, 1.807) is 11.0 Å². The number of amides is 2. The van der Waals surface area contributed by atoms with Crippen LogP contribution in [0.5, 0.6) is 0 Å². The largest absolute Gasteiger partial charge is 0.353 e. The third-order valence-corrected chi connectivity index (χ3v) is 5.93. The van der Waals surface area contributed by atoms with Crippen molar-refractivity contribution in [1.82, 2.24) is 15.2 Å². The first kappa shape index (κ1) is 16.0. The standard InChI is InChI=1S/C14H19FN4O3S/c15-11-1-2-13(16-9-11)18-4-6-19(7-5-18)14(20)17-12-3-8-23(21,22)10-12/h1-2,9,12H,3-8,10H2,(H,17,20). The summed E-state index contributed by atoms with van der Waals surface area (Å²) in [5.41, 5.74) is 0. The zero-order chi connectivity index (χ0) is 16.4. The van der Waals surface area contributed by atoms with Gasteiger partial charge in [0.15, 0.2) is 9.84 Å². The van der Waals surface area contributed by atoms with Gasteiger partial charge in [0.25, 0.3) is 0 Å². The molecule has 2 fully saturated rings. The minimum Gasteiger partial charge on any atom is -0.353 e. The highest BCUT2D eigenvalue weighted by atomic mass is 32.2. The third-order valence-electron chi connectivity index (χ3n) is 4.16. The van der Waals surface area contributed by atoms with E-state index < -0.39 is 9.84 Å². The molecule has 2 aliphatic heterocycles. The molecule has 3 heterocycles. The maximum Gasteiger partial charge on any atom is 0.317 e. The van der Waals surface area contributed by atoms with Crippen LogP contribution < -0.4 is 10.2 Å². The number of carbonyl (C=O) groups is 1. The van der Waals surface area contributed by atoms with Crippen LogP contribution in [-0.4, -0.2) is 68.1 Å². The highest BCUT2D eigenvalue weighted by Gasteiger charge is 2.31. The zero-order valence-electron chi connectivity index (χ0n) is 12.6. The highest BCUT2D eigenvalue weighted by Crippen LogP contribution is 2.15. The van der Waals surface area contributed by atoms with E-state index in [0.717, 1.165) is 0 Å². The van der Waals surface area contributed by atoms with Gasteiger partial charge in [-0.15, -0.1) is 0 Å². The summed E-state index contributed by atoms with van der Waals surface area (Å²) in [5, 5.41) is 2.79. The maximum atomic E-state index is 12.9. The van der Waals surface area contributed by atoms with Crippen LogP contribution in [0.15, 0.2) is 18.3 Å². The topological polar surface area (TPSA) is 82.6 Å². The van der Waals surface area contributed by atoms with Gasteiger partial charge in [-0.2, -0.15) is 0 Å². The molecule has 126 valence electrons. The van der Waals surface area contributed by atoms with Gasteiger partial charge in [0.05, 0.1) is 17.7 Å². The van der Waals surface area contributed by atoms with Crippen molar-refractivity contribution in [3.63, 3.8) is 0 Å². The van der Waals surface area contributed by atoms with E-state index in [1.165, 1.54) is 12.3 Å². The molecule has 0 aromatic carbocycles. The average Bonchev–Trinajstić information content (AvgIpc) is 2.87. The second-order valence-electron chi connectivity index (χ2n) is 5.86. The summed E-state index contributed by atoms with van der Waals surface area (Å²) in [6.45, 7) is 2.25. The fourth-order valence-electron chi connectivity index (χ4n) is 2.87. The Morgan fingerprint density at radius 1 is 1.26 bits per heavy atom. The van der Waals surface area contributed by atoms with Crippen LogP contribution in [0, 0.1) is 5.82 Å². The number of rotatable bonds is 2. The van der Waals surface area contributed by atoms with Gasteiger partial charge < -0.3 is 15.1 Å². The number of urea groups is 1. The van der Waals surface area contributed by atoms with Crippen LogP contribution in [0.4, 0.5) is 15.0 Å². The molecule has 1 atom stereocenters. The molecular weight excluding hydrogens is 323 g/mol. The number of hydrogen-bond donors (Lipinski definition) is 1. The molecular formula is C14H19FN4O3S. The Balaban J connectivity index is 1.50. The first-order chi connectivity index (χ1) is 10.9. The van der Waals surface area contributed by atoms with E-state index in [2.05, 4.69) is 10.3 Å². The summed E-state index contributed by atoms with van der Waals surface area (Å²) in [7, 11) is -3.00. The number of carbonyl (C=O) groups excluding carboxylic acids is 1. The summed E-state index contributed by atoms with van der Waals surface area (Å²) in [6, 6.07) is 2.47. The van der Waals surface area contributed by atoms with E-state index >= 15 is 0 Å². The quantitative estimate of drug-likeness (QED) is 0.832. The molecule has 23 heavy (non-hydrogen) atoms. The smallest absolute Gasteiger partial charge is 0.317 e. The van der Waals surface area contributed by atoms with Gasteiger partial charge in [-0.1, -0.05) is 0 Å². The summed E-state index contributed by atoms with van der Waals surface area (Å²) in [6.07, 6.45) is 1.66. The second-order valence-corrected chi connectivity index (χ2v) is 8.09. The molecule has 3 rings (SSSR count). The van der Waals surface area contributed by atoms with Gasteiger partial charge in [0, 0.05) is 32.2 Å². The SMILES string of the molecule is O=C(NC1CCS(=O)(=O)C1)N1CCN(c2ccc(F)cn2)CC1. The Bertz CT molecular complexity index is 672. The monoisotopic (exact) mass is 342 g/mol. The molecule has 1 unspecified atom stereocenters. The summed E-state index contributed by atoms with van der Waals surface area (Å²) in [5.74, 6) is 0.479. The number of nitrogens with zero attached hydrogens (tertiary/aromatic N) is 3. The lowest BCUT2D eigenvalue weighted by Gasteiger charge is -2.35. The molecule has 2 saturated heterocycles. The van der Waals surface area contributed by atoms with E-state index in [0.29, 0.717) is 38.4 Å². The van der Waals surface area contributed by atoms with Crippen molar-refractivity contribution in [2.75, 3.05) is 42.6 Å². The van der Waals surface area contributed by atoms with E-state index in [4.69, 9.17) is 0 Å². The number of sulfone groups is 1. The van der Waals surface area contributed by atoms with Gasteiger partial charge in [-0.3, -0.25) is 0 Å². The van der Waals surface area contributed by atoms with Crippen LogP contribution in [0.25, 0.3) is 0 Å². The van der Waals surface area contributed by atoms with Crippen molar-refractivity contribution in [3.05, 3.63) is 24.1 Å². The summed E-state index contributed by atoms with van der Waals surface area (Å²) >= 11 is 0. The first-order valence-corrected chi connectivity index (χ1v) is 9.37. The maximum absolute atomic E-state index is 12.9. The van der Waals surface area contributed by atoms with Gasteiger partial charge in [0.1, 0.15) is 11.6 Å². The molecule has 2 aliphatic rings. The second kappa shape index (κ2) is 6.31. The number of pyridine rings is 1. The van der Waals surface area contributed by atoms with Crippen molar-refractivity contribution in [1.29, 1.82) is 0 Å². The zero-order valence-corrected chi connectivity index (χ0v) is 13.4. The predicted molar refractivity (Wildman–Crippen MR) is 83.6 cm³/mol. The molecule has 7 nitrogen and oxygen atoms in total. The molecule has 0 spiro atoms. The van der Waals surface area contributed by atoms with E-state index in [1.807, 2.05) is 4.90 Å². The predicted octanol–water partition coefficient (Wildman–Crippen LogP) is 0.239. The molecule has 0 aliphatic carbocycles. The van der Waals surface area contributed by atoms with Gasteiger partial charge in [0.2, 0.25) is 0 Å². The van der Waals surface area contributed by atoms with E-state index in [-0.39, 0.29) is 29.4 Å². The minimum atomic E-state index is -3.00. The Morgan fingerprint density at radius 2 is 2.00 bits per heavy atom. The van der Waals surface area contributed by atoms with Crippen LogP contribution in [-0.2, 0) is 9.84 Å².